The van der Waals surface area contributed by atoms with E-state index >= 15 is 0 Å². The maximum Gasteiger partial charge on any atom is 0.312 e. The average Bonchev–Trinajstić information content (AvgIpc) is 2.35. The molecule has 0 aliphatic heterocycles. The van der Waals surface area contributed by atoms with Gasteiger partial charge in [0.2, 0.25) is 0 Å². The normalized spacial score (nSPS) is 33.9. The topological polar surface area (TPSA) is 26.3 Å². The van der Waals surface area contributed by atoms with Crippen molar-refractivity contribution in [3.8, 4) is 0 Å². The van der Waals surface area contributed by atoms with Gasteiger partial charge in [-0.1, -0.05) is 50.5 Å². The molecule has 0 aromatic heterocycles. The number of hydrogen-bond acceptors (Lipinski definition) is 2. The molecular formula is C23H48O2. The van der Waals surface area contributed by atoms with Crippen molar-refractivity contribution in [3.05, 3.63) is 0 Å². The first-order chi connectivity index (χ1) is 9.84. The Morgan fingerprint density at radius 1 is 1.00 bits per heavy atom. The van der Waals surface area contributed by atoms with Crippen LogP contribution in [0.4, 0.5) is 0 Å². The third-order valence-corrected chi connectivity index (χ3v) is 6.42. The van der Waals surface area contributed by atoms with E-state index in [1.54, 1.807) is 0 Å². The lowest BCUT2D eigenvalue weighted by atomic mass is 9.54. The molecule has 152 valence electrons. The minimum atomic E-state index is -0.294. The predicted molar refractivity (Wildman–Crippen MR) is 112 cm³/mol. The number of carbonyl (C=O) groups excluding carboxylic acids is 1. The van der Waals surface area contributed by atoms with Crippen LogP contribution in [0.2, 0.25) is 0 Å². The predicted octanol–water partition coefficient (Wildman–Crippen LogP) is 7.51. The van der Waals surface area contributed by atoms with E-state index in [1.807, 2.05) is 0 Å². The van der Waals surface area contributed by atoms with E-state index in [2.05, 4.69) is 27.7 Å². The Balaban J connectivity index is 0. The molecule has 2 nitrogen and oxygen atoms in total. The Morgan fingerprint density at radius 3 is 1.72 bits per heavy atom. The van der Waals surface area contributed by atoms with E-state index in [1.165, 1.54) is 19.3 Å². The molecular weight excluding hydrogens is 308 g/mol. The van der Waals surface area contributed by atoms with Crippen LogP contribution in [-0.4, -0.2) is 11.6 Å². The van der Waals surface area contributed by atoms with Gasteiger partial charge in [0.15, 0.2) is 0 Å². The van der Waals surface area contributed by atoms with Crippen molar-refractivity contribution in [1.29, 1.82) is 0 Å². The van der Waals surface area contributed by atoms with Crippen LogP contribution in [0.1, 0.15) is 109 Å². The first-order valence-corrected chi connectivity index (χ1v) is 9.07. The zero-order valence-corrected chi connectivity index (χ0v) is 14.3. The van der Waals surface area contributed by atoms with E-state index in [0.29, 0.717) is 5.92 Å². The average molecular weight is 357 g/mol. The standard InChI is InChI=1S/C19H32O2.4CH4/c1-5-18(4,9-13(2)3)17(20)21-19-10-14-6-15(11-19)8-16(7-14)12-19;;;;/h13-16H,5-12H2,1-4H3;4*1H4. The summed E-state index contributed by atoms with van der Waals surface area (Å²) in [5.41, 5.74) is -0.378. The molecule has 4 saturated carbocycles. The molecule has 4 aliphatic carbocycles. The maximum absolute atomic E-state index is 12.9. The number of esters is 1. The monoisotopic (exact) mass is 356 g/mol. The highest BCUT2D eigenvalue weighted by molar-refractivity contribution is 5.76. The van der Waals surface area contributed by atoms with Crippen molar-refractivity contribution in [1.82, 2.24) is 0 Å². The lowest BCUT2D eigenvalue weighted by Crippen LogP contribution is -2.54. The molecule has 0 spiro atoms. The highest BCUT2D eigenvalue weighted by atomic mass is 16.6. The lowest BCUT2D eigenvalue weighted by molar-refractivity contribution is -0.197. The fourth-order valence-electron chi connectivity index (χ4n) is 5.75. The van der Waals surface area contributed by atoms with Gasteiger partial charge in [-0.15, -0.1) is 0 Å². The highest BCUT2D eigenvalue weighted by Gasteiger charge is 2.54. The minimum Gasteiger partial charge on any atom is -0.459 e. The van der Waals surface area contributed by atoms with E-state index in [0.717, 1.165) is 49.9 Å². The zero-order chi connectivity index (χ0) is 15.3. The van der Waals surface area contributed by atoms with Crippen LogP contribution in [0.25, 0.3) is 0 Å². The Hall–Kier alpha value is -0.530. The summed E-state index contributed by atoms with van der Waals surface area (Å²) < 4.78 is 6.27. The summed E-state index contributed by atoms with van der Waals surface area (Å²) in [6.07, 6.45) is 9.45. The SMILES string of the molecule is C.C.C.C.CCC(C)(CC(C)C)C(=O)OC12CC3CC(CC(C3)C1)C2. The molecule has 0 amide bonds. The van der Waals surface area contributed by atoms with Crippen LogP contribution in [-0.2, 0) is 9.53 Å². The quantitative estimate of drug-likeness (QED) is 0.476. The van der Waals surface area contributed by atoms with Gasteiger partial charge in [0.25, 0.3) is 0 Å². The van der Waals surface area contributed by atoms with Crippen LogP contribution < -0.4 is 0 Å². The molecule has 25 heavy (non-hydrogen) atoms. The fourth-order valence-corrected chi connectivity index (χ4v) is 5.75. The summed E-state index contributed by atoms with van der Waals surface area (Å²) >= 11 is 0. The van der Waals surface area contributed by atoms with Crippen molar-refractivity contribution in [3.63, 3.8) is 0 Å². The Kier molecular flexibility index (Phi) is 10.1. The molecule has 0 aromatic carbocycles. The van der Waals surface area contributed by atoms with Crippen LogP contribution in [0.3, 0.4) is 0 Å². The molecule has 0 saturated heterocycles. The van der Waals surface area contributed by atoms with Gasteiger partial charge in [-0.05, 0) is 82.0 Å². The van der Waals surface area contributed by atoms with E-state index in [-0.39, 0.29) is 46.7 Å². The van der Waals surface area contributed by atoms with Crippen LogP contribution in [0, 0.1) is 29.1 Å². The first-order valence-electron chi connectivity index (χ1n) is 9.07. The molecule has 1 unspecified atom stereocenters. The molecule has 2 heteroatoms. The number of carbonyl (C=O) groups is 1. The smallest absolute Gasteiger partial charge is 0.312 e. The molecule has 0 N–H and O–H groups in total. The molecule has 4 aliphatic rings. The van der Waals surface area contributed by atoms with Crippen LogP contribution >= 0.6 is 0 Å². The summed E-state index contributed by atoms with van der Waals surface area (Å²) in [6, 6.07) is 0. The summed E-state index contributed by atoms with van der Waals surface area (Å²) in [4.78, 5) is 12.9. The molecule has 4 fully saturated rings. The van der Waals surface area contributed by atoms with Crippen molar-refractivity contribution in [2.24, 2.45) is 29.1 Å². The molecule has 1 atom stereocenters. The van der Waals surface area contributed by atoms with E-state index < -0.39 is 0 Å². The molecule has 4 rings (SSSR count). The van der Waals surface area contributed by atoms with Gasteiger partial charge in [0.05, 0.1) is 5.41 Å². The molecule has 0 radical (unpaired) electrons. The summed E-state index contributed by atoms with van der Waals surface area (Å²) in [5, 5.41) is 0. The van der Waals surface area contributed by atoms with Gasteiger partial charge in [0, 0.05) is 0 Å². The van der Waals surface area contributed by atoms with Gasteiger partial charge >= 0.3 is 5.97 Å². The van der Waals surface area contributed by atoms with Crippen LogP contribution in [0.15, 0.2) is 0 Å². The number of ether oxygens (including phenoxy) is 1. The van der Waals surface area contributed by atoms with Gasteiger partial charge in [0.1, 0.15) is 5.60 Å². The minimum absolute atomic E-state index is 0. The molecule has 0 heterocycles. The van der Waals surface area contributed by atoms with Crippen molar-refractivity contribution >= 4 is 5.97 Å². The van der Waals surface area contributed by atoms with Crippen LogP contribution in [0.5, 0.6) is 0 Å². The third kappa shape index (κ3) is 5.23. The Morgan fingerprint density at radius 2 is 1.40 bits per heavy atom. The van der Waals surface area contributed by atoms with Gasteiger partial charge < -0.3 is 4.74 Å². The molecule has 4 bridgehead atoms. The largest absolute Gasteiger partial charge is 0.459 e. The second-order valence-electron chi connectivity index (χ2n) is 9.00. The van der Waals surface area contributed by atoms with Crippen molar-refractivity contribution in [2.75, 3.05) is 0 Å². The Labute approximate surface area is 159 Å². The lowest BCUT2D eigenvalue weighted by Gasteiger charge is -2.56. The second-order valence-corrected chi connectivity index (χ2v) is 9.00. The van der Waals surface area contributed by atoms with E-state index in [4.69, 9.17) is 4.74 Å². The zero-order valence-electron chi connectivity index (χ0n) is 14.3. The summed E-state index contributed by atoms with van der Waals surface area (Å²) in [5.74, 6) is 3.13. The second kappa shape index (κ2) is 9.42. The summed E-state index contributed by atoms with van der Waals surface area (Å²) in [6.45, 7) is 8.64. The van der Waals surface area contributed by atoms with Crippen molar-refractivity contribution < 1.29 is 9.53 Å². The van der Waals surface area contributed by atoms with Gasteiger partial charge in [-0.2, -0.15) is 0 Å². The van der Waals surface area contributed by atoms with Gasteiger partial charge in [-0.25, -0.2) is 0 Å². The van der Waals surface area contributed by atoms with Crippen molar-refractivity contribution in [2.45, 2.75) is 114 Å². The maximum atomic E-state index is 12.9. The highest BCUT2D eigenvalue weighted by Crippen LogP contribution is 2.57. The number of rotatable bonds is 5. The van der Waals surface area contributed by atoms with E-state index in [9.17, 15) is 4.79 Å². The first kappa shape index (κ1) is 26.7. The molecule has 0 aromatic rings. The summed E-state index contributed by atoms with van der Waals surface area (Å²) in [7, 11) is 0. The van der Waals surface area contributed by atoms with Gasteiger partial charge in [-0.3, -0.25) is 4.79 Å². The number of hydrogen-bond donors (Lipinski definition) is 0. The fraction of sp³-hybridized carbons (Fsp3) is 0.957. The third-order valence-electron chi connectivity index (χ3n) is 6.42. The Bertz CT molecular complexity index is 377.